The molecule has 138 valence electrons. The lowest BCUT2D eigenvalue weighted by Gasteiger charge is -2.13. The van der Waals surface area contributed by atoms with Gasteiger partial charge in [0, 0.05) is 12.1 Å². The van der Waals surface area contributed by atoms with E-state index in [4.69, 9.17) is 9.47 Å². The van der Waals surface area contributed by atoms with Gasteiger partial charge in [0.1, 0.15) is 12.4 Å². The van der Waals surface area contributed by atoms with E-state index < -0.39 is 5.82 Å². The number of halogens is 1. The van der Waals surface area contributed by atoms with Crippen molar-refractivity contribution in [2.75, 3.05) is 12.4 Å². The third kappa shape index (κ3) is 5.05. The van der Waals surface area contributed by atoms with Crippen LogP contribution in [0.25, 0.3) is 0 Å². The number of hydrogen-bond acceptors (Lipinski definition) is 4. The molecule has 0 radical (unpaired) electrons. The first-order valence-corrected chi connectivity index (χ1v) is 8.34. The number of ether oxygens (including phenoxy) is 2. The first-order valence-electron chi connectivity index (χ1n) is 8.34. The van der Waals surface area contributed by atoms with Crippen molar-refractivity contribution in [1.29, 1.82) is 0 Å². The van der Waals surface area contributed by atoms with Gasteiger partial charge in [-0.2, -0.15) is 0 Å². The predicted molar refractivity (Wildman–Crippen MR) is 97.3 cm³/mol. The normalized spacial score (nSPS) is 10.3. The third-order valence-corrected chi connectivity index (χ3v) is 3.73. The van der Waals surface area contributed by atoms with Crippen molar-refractivity contribution in [3.05, 3.63) is 53.3 Å². The maximum atomic E-state index is 13.7. The Balaban J connectivity index is 2.14. The van der Waals surface area contributed by atoms with Crippen molar-refractivity contribution in [1.82, 2.24) is 0 Å². The van der Waals surface area contributed by atoms with Crippen molar-refractivity contribution in [3.8, 4) is 11.5 Å². The molecule has 0 saturated carbocycles. The molecular weight excluding hydrogens is 337 g/mol. The summed E-state index contributed by atoms with van der Waals surface area (Å²) in [5, 5.41) is 2.75. The van der Waals surface area contributed by atoms with Crippen LogP contribution in [0.2, 0.25) is 0 Å². The zero-order valence-electron chi connectivity index (χ0n) is 15.1. The van der Waals surface area contributed by atoms with Gasteiger partial charge in [-0.25, -0.2) is 4.39 Å². The Morgan fingerprint density at radius 3 is 2.46 bits per heavy atom. The zero-order valence-corrected chi connectivity index (χ0v) is 15.1. The second kappa shape index (κ2) is 8.99. The molecule has 1 N–H and O–H groups in total. The first kappa shape index (κ1) is 19.4. The van der Waals surface area contributed by atoms with E-state index in [-0.39, 0.29) is 24.0 Å². The van der Waals surface area contributed by atoms with Gasteiger partial charge in [-0.05, 0) is 49.2 Å². The largest absolute Gasteiger partial charge is 0.494 e. The molecule has 0 atom stereocenters. The Labute approximate surface area is 152 Å². The van der Waals surface area contributed by atoms with Crippen molar-refractivity contribution in [2.45, 2.75) is 33.3 Å². The number of Topliss-reactive ketones (excluding diaryl/α,β-unsaturated/α-hetero) is 1. The fraction of sp³-hybridized carbons (Fsp3) is 0.300. The molecule has 0 aromatic heterocycles. The van der Waals surface area contributed by atoms with Crippen LogP contribution >= 0.6 is 0 Å². The molecular formula is C20H22FNO4. The van der Waals surface area contributed by atoms with Gasteiger partial charge in [0.25, 0.3) is 0 Å². The van der Waals surface area contributed by atoms with Gasteiger partial charge in [0.05, 0.1) is 12.7 Å². The number of carbonyl (C=O) groups excluding carboxylic acids is 2. The molecule has 2 aromatic rings. The number of benzene rings is 2. The Morgan fingerprint density at radius 1 is 1.12 bits per heavy atom. The quantitative estimate of drug-likeness (QED) is 0.712. The van der Waals surface area contributed by atoms with E-state index in [0.29, 0.717) is 29.0 Å². The first-order chi connectivity index (χ1) is 12.4. The van der Waals surface area contributed by atoms with Crippen LogP contribution in [-0.4, -0.2) is 18.8 Å². The fourth-order valence-corrected chi connectivity index (χ4v) is 2.42. The van der Waals surface area contributed by atoms with E-state index >= 15 is 0 Å². The summed E-state index contributed by atoms with van der Waals surface area (Å²) in [6.07, 6.45) is 1.15. The zero-order chi connectivity index (χ0) is 19.1. The summed E-state index contributed by atoms with van der Waals surface area (Å²) >= 11 is 0. The number of amides is 1. The summed E-state index contributed by atoms with van der Waals surface area (Å²) in [5.74, 6) is -0.237. The highest BCUT2D eigenvalue weighted by atomic mass is 19.1. The maximum absolute atomic E-state index is 13.7. The van der Waals surface area contributed by atoms with Gasteiger partial charge in [-0.3, -0.25) is 9.59 Å². The molecule has 2 aromatic carbocycles. The average Bonchev–Trinajstić information content (AvgIpc) is 2.60. The molecule has 5 nitrogen and oxygen atoms in total. The lowest BCUT2D eigenvalue weighted by Crippen LogP contribution is -2.11. The molecule has 26 heavy (non-hydrogen) atoms. The molecule has 0 bridgehead atoms. The van der Waals surface area contributed by atoms with E-state index in [1.807, 2.05) is 6.92 Å². The average molecular weight is 359 g/mol. The molecule has 0 aliphatic heterocycles. The van der Waals surface area contributed by atoms with Crippen molar-refractivity contribution in [3.63, 3.8) is 0 Å². The molecule has 1 amide bonds. The summed E-state index contributed by atoms with van der Waals surface area (Å²) in [7, 11) is 1.40. The van der Waals surface area contributed by atoms with Gasteiger partial charge in [-0.1, -0.05) is 13.0 Å². The number of anilines is 1. The Kier molecular flexibility index (Phi) is 6.72. The Hall–Kier alpha value is -2.89. The minimum Gasteiger partial charge on any atom is -0.494 e. The number of carbonyl (C=O) groups is 2. The predicted octanol–water partition coefficient (Wildman–Crippen LogP) is 4.35. The molecule has 0 unspecified atom stereocenters. The van der Waals surface area contributed by atoms with Crippen LogP contribution in [0.3, 0.4) is 0 Å². The number of methoxy groups -OCH3 is 1. The van der Waals surface area contributed by atoms with Crippen LogP contribution in [0.4, 0.5) is 10.1 Å². The van der Waals surface area contributed by atoms with Crippen LogP contribution < -0.4 is 14.8 Å². The summed E-state index contributed by atoms with van der Waals surface area (Å²) in [5.41, 5.74) is 1.50. The monoisotopic (exact) mass is 359 g/mol. The number of rotatable bonds is 8. The number of hydrogen-bond donors (Lipinski definition) is 1. The summed E-state index contributed by atoms with van der Waals surface area (Å²) in [6.45, 7) is 3.44. The van der Waals surface area contributed by atoms with Crippen LogP contribution in [0.15, 0.2) is 36.4 Å². The Morgan fingerprint density at radius 2 is 1.85 bits per heavy atom. The van der Waals surface area contributed by atoms with Crippen LogP contribution in [-0.2, 0) is 11.4 Å². The second-order valence-corrected chi connectivity index (χ2v) is 5.82. The van der Waals surface area contributed by atoms with Crippen LogP contribution in [0.1, 0.15) is 42.6 Å². The van der Waals surface area contributed by atoms with Crippen molar-refractivity contribution in [2.24, 2.45) is 0 Å². The van der Waals surface area contributed by atoms with Gasteiger partial charge in [0.15, 0.2) is 17.3 Å². The lowest BCUT2D eigenvalue weighted by molar-refractivity contribution is -0.116. The van der Waals surface area contributed by atoms with Gasteiger partial charge < -0.3 is 14.8 Å². The van der Waals surface area contributed by atoms with Crippen molar-refractivity contribution >= 4 is 17.4 Å². The highest BCUT2D eigenvalue weighted by Gasteiger charge is 2.12. The molecule has 0 aliphatic rings. The number of ketones is 1. The van der Waals surface area contributed by atoms with E-state index in [2.05, 4.69) is 5.32 Å². The van der Waals surface area contributed by atoms with Crippen molar-refractivity contribution < 1.29 is 23.5 Å². The van der Waals surface area contributed by atoms with E-state index in [1.54, 1.807) is 24.3 Å². The fourth-order valence-electron chi connectivity index (χ4n) is 2.42. The molecule has 0 fully saturated rings. The topological polar surface area (TPSA) is 64.6 Å². The summed E-state index contributed by atoms with van der Waals surface area (Å²) in [4.78, 5) is 23.6. The van der Waals surface area contributed by atoms with E-state index in [1.165, 1.54) is 26.2 Å². The van der Waals surface area contributed by atoms with E-state index in [0.717, 1.165) is 6.42 Å². The minimum atomic E-state index is -0.477. The van der Waals surface area contributed by atoms with Gasteiger partial charge in [-0.15, -0.1) is 0 Å². The standard InChI is InChI=1S/C20H22FNO4/c1-4-5-20(24)22-15-7-9-18(16(11-15)13(2)23)26-12-14-6-8-19(25-3)17(21)10-14/h6-11H,4-5,12H2,1-3H3,(H,22,24). The SMILES string of the molecule is CCCC(=O)Nc1ccc(OCc2ccc(OC)c(F)c2)c(C(C)=O)c1. The van der Waals surface area contributed by atoms with E-state index in [9.17, 15) is 14.0 Å². The molecule has 0 spiro atoms. The smallest absolute Gasteiger partial charge is 0.224 e. The Bertz CT molecular complexity index is 804. The molecule has 0 saturated heterocycles. The summed E-state index contributed by atoms with van der Waals surface area (Å²) in [6, 6.07) is 9.41. The molecule has 6 heteroatoms. The lowest BCUT2D eigenvalue weighted by atomic mass is 10.1. The highest BCUT2D eigenvalue weighted by Crippen LogP contribution is 2.25. The highest BCUT2D eigenvalue weighted by molar-refractivity contribution is 5.99. The van der Waals surface area contributed by atoms with Crippen LogP contribution in [0, 0.1) is 5.82 Å². The molecule has 2 rings (SSSR count). The van der Waals surface area contributed by atoms with Crippen LogP contribution in [0.5, 0.6) is 11.5 Å². The molecule has 0 heterocycles. The number of nitrogens with one attached hydrogen (secondary N) is 1. The second-order valence-electron chi connectivity index (χ2n) is 5.82. The molecule has 0 aliphatic carbocycles. The van der Waals surface area contributed by atoms with Gasteiger partial charge >= 0.3 is 0 Å². The maximum Gasteiger partial charge on any atom is 0.224 e. The third-order valence-electron chi connectivity index (χ3n) is 3.73. The minimum absolute atomic E-state index is 0.0999. The summed E-state index contributed by atoms with van der Waals surface area (Å²) < 4.78 is 24.3. The van der Waals surface area contributed by atoms with Gasteiger partial charge in [0.2, 0.25) is 5.91 Å².